The first kappa shape index (κ1) is 20.8. The molecule has 0 bridgehead atoms. The first-order valence-corrected chi connectivity index (χ1v) is 9.91. The number of rotatable bonds is 7. The molecule has 1 aromatic carbocycles. The second-order valence-corrected chi connectivity index (χ2v) is 7.46. The van der Waals surface area contributed by atoms with E-state index < -0.39 is 5.97 Å². The lowest BCUT2D eigenvalue weighted by Gasteiger charge is -2.15. The van der Waals surface area contributed by atoms with Gasteiger partial charge < -0.3 is 24.8 Å². The number of hydrogen-bond acceptors (Lipinski definition) is 8. The number of amides is 1. The number of anilines is 1. The van der Waals surface area contributed by atoms with Crippen LogP contribution in [0.1, 0.15) is 22.2 Å². The van der Waals surface area contributed by atoms with Crippen molar-refractivity contribution in [2.24, 2.45) is 0 Å². The highest BCUT2D eigenvalue weighted by Gasteiger charge is 2.34. The van der Waals surface area contributed by atoms with Crippen LogP contribution in [0.5, 0.6) is 0 Å². The molecule has 3 rings (SSSR count). The van der Waals surface area contributed by atoms with Gasteiger partial charge in [-0.05, 0) is 43.0 Å². The number of aryl methyl sites for hydroxylation is 1. The topological polar surface area (TPSA) is 105 Å². The number of β-amino-alcohol motifs (C(OH)–C–C–N with tert-alkyl or cyclic N) is 1. The number of hydrogen-bond donors (Lipinski definition) is 2. The van der Waals surface area contributed by atoms with Gasteiger partial charge in [-0.25, -0.2) is 9.59 Å². The summed E-state index contributed by atoms with van der Waals surface area (Å²) < 4.78 is 10.8. The quantitative estimate of drug-likeness (QED) is 0.663. The Kier molecular flexibility index (Phi) is 6.19. The molecule has 8 nitrogen and oxygen atoms in total. The van der Waals surface area contributed by atoms with Crippen LogP contribution in [0.15, 0.2) is 29.5 Å². The van der Waals surface area contributed by atoms with Crippen LogP contribution in [0.3, 0.4) is 0 Å². The van der Waals surface area contributed by atoms with E-state index in [9.17, 15) is 14.4 Å². The van der Waals surface area contributed by atoms with Gasteiger partial charge in [-0.2, -0.15) is 0 Å². The minimum Gasteiger partial charge on any atom is -0.466 e. The van der Waals surface area contributed by atoms with Gasteiger partial charge in [-0.3, -0.25) is 4.79 Å². The summed E-state index contributed by atoms with van der Waals surface area (Å²) in [4.78, 5) is 38.8. The molecule has 0 spiro atoms. The Balaban J connectivity index is 1.95. The van der Waals surface area contributed by atoms with E-state index in [1.807, 2.05) is 19.1 Å². The highest BCUT2D eigenvalue weighted by molar-refractivity contribution is 7.21. The van der Waals surface area contributed by atoms with Gasteiger partial charge in [0.25, 0.3) is 5.91 Å². The number of methoxy groups -OCH3 is 1. The van der Waals surface area contributed by atoms with Crippen LogP contribution in [0.2, 0.25) is 0 Å². The van der Waals surface area contributed by atoms with Crippen LogP contribution in [-0.4, -0.2) is 61.3 Å². The molecule has 1 aliphatic rings. The van der Waals surface area contributed by atoms with E-state index in [0.717, 1.165) is 15.6 Å². The Labute approximate surface area is 171 Å². The van der Waals surface area contributed by atoms with Crippen molar-refractivity contribution in [1.29, 1.82) is 0 Å². The van der Waals surface area contributed by atoms with E-state index in [2.05, 4.69) is 5.32 Å². The summed E-state index contributed by atoms with van der Waals surface area (Å²) in [6.07, 6.45) is 0. The third kappa shape index (κ3) is 3.96. The van der Waals surface area contributed by atoms with Crippen LogP contribution in [0, 0.1) is 6.92 Å². The van der Waals surface area contributed by atoms with Crippen molar-refractivity contribution < 1.29 is 29.0 Å². The minimum absolute atomic E-state index is 0.0706. The Hall–Kier alpha value is -2.91. The first-order chi connectivity index (χ1) is 13.9. The molecule has 2 N–H and O–H groups in total. The number of benzene rings is 1. The van der Waals surface area contributed by atoms with E-state index in [0.29, 0.717) is 17.2 Å². The zero-order valence-corrected chi connectivity index (χ0v) is 17.2. The number of nitrogens with one attached hydrogen (secondary N) is 1. The smallest absolute Gasteiger partial charge is 0.348 e. The molecule has 1 amide bonds. The minimum atomic E-state index is -0.598. The zero-order valence-electron chi connectivity index (χ0n) is 16.4. The third-order valence-electron chi connectivity index (χ3n) is 4.62. The molecule has 9 heteroatoms. The summed E-state index contributed by atoms with van der Waals surface area (Å²) in [6.45, 7) is 3.89. The third-order valence-corrected chi connectivity index (χ3v) is 5.87. The highest BCUT2D eigenvalue weighted by Crippen LogP contribution is 2.34. The van der Waals surface area contributed by atoms with Crippen LogP contribution in [-0.2, 0) is 19.1 Å². The largest absolute Gasteiger partial charge is 0.466 e. The van der Waals surface area contributed by atoms with E-state index >= 15 is 0 Å². The van der Waals surface area contributed by atoms with Gasteiger partial charge in [0, 0.05) is 16.9 Å². The van der Waals surface area contributed by atoms with Gasteiger partial charge in [0.05, 0.1) is 32.4 Å². The van der Waals surface area contributed by atoms with E-state index in [-0.39, 0.29) is 42.8 Å². The summed E-state index contributed by atoms with van der Waals surface area (Å²) in [5.74, 6) is -1.34. The molecule has 0 saturated heterocycles. The molecule has 0 radical (unpaired) electrons. The van der Waals surface area contributed by atoms with E-state index in [1.54, 1.807) is 13.0 Å². The van der Waals surface area contributed by atoms with Crippen LogP contribution >= 0.6 is 11.3 Å². The lowest BCUT2D eigenvalue weighted by atomic mass is 10.1. The monoisotopic (exact) mass is 418 g/mol. The van der Waals surface area contributed by atoms with Crippen molar-refractivity contribution in [1.82, 2.24) is 4.90 Å². The van der Waals surface area contributed by atoms with Crippen molar-refractivity contribution >= 4 is 45.0 Å². The normalized spacial score (nSPS) is 13.9. The van der Waals surface area contributed by atoms with Gasteiger partial charge in [-0.15, -0.1) is 11.3 Å². The number of aliphatic hydroxyl groups excluding tert-OH is 1. The van der Waals surface area contributed by atoms with Gasteiger partial charge in [0.1, 0.15) is 10.6 Å². The van der Waals surface area contributed by atoms with Crippen molar-refractivity contribution in [3.8, 4) is 0 Å². The van der Waals surface area contributed by atoms with Crippen LogP contribution < -0.4 is 5.32 Å². The number of carbonyl (C=O) groups excluding carboxylic acids is 3. The number of nitrogens with zero attached hydrogens (tertiary/aromatic N) is 1. The van der Waals surface area contributed by atoms with E-state index in [4.69, 9.17) is 14.6 Å². The second kappa shape index (κ2) is 8.62. The molecule has 0 atom stereocenters. The van der Waals surface area contributed by atoms with Crippen LogP contribution in [0.25, 0.3) is 10.1 Å². The lowest BCUT2D eigenvalue weighted by molar-refractivity contribution is -0.136. The highest BCUT2D eigenvalue weighted by atomic mass is 32.1. The molecule has 2 aromatic rings. The first-order valence-electron chi connectivity index (χ1n) is 9.10. The summed E-state index contributed by atoms with van der Waals surface area (Å²) in [5, 5.41) is 13.0. The van der Waals surface area contributed by atoms with Crippen molar-refractivity contribution in [3.63, 3.8) is 0 Å². The average Bonchev–Trinajstić information content (AvgIpc) is 3.20. The predicted molar refractivity (Wildman–Crippen MR) is 109 cm³/mol. The molecular weight excluding hydrogens is 396 g/mol. The Morgan fingerprint density at radius 3 is 2.72 bits per heavy atom. The molecule has 1 aliphatic heterocycles. The molecule has 29 heavy (non-hydrogen) atoms. The number of fused-ring (bicyclic) bond motifs is 1. The van der Waals surface area contributed by atoms with Gasteiger partial charge in [-0.1, -0.05) is 0 Å². The second-order valence-electron chi connectivity index (χ2n) is 6.41. The number of carbonyl (C=O) groups is 3. The SMILES string of the molecule is CCOC(=O)c1sc2ccc(NC3=C(C(=O)OC)CN(CCO)C3=O)cc2c1C. The predicted octanol–water partition coefficient (Wildman–Crippen LogP) is 2.06. The van der Waals surface area contributed by atoms with Crippen molar-refractivity contribution in [3.05, 3.63) is 39.9 Å². The van der Waals surface area contributed by atoms with Gasteiger partial charge in [0.2, 0.25) is 0 Å². The molecule has 0 saturated carbocycles. The zero-order chi connectivity index (χ0) is 21.1. The Bertz CT molecular complexity index is 1010. The Morgan fingerprint density at radius 1 is 1.31 bits per heavy atom. The fraction of sp³-hybridized carbons (Fsp3) is 0.350. The van der Waals surface area contributed by atoms with Gasteiger partial charge >= 0.3 is 11.9 Å². The molecule has 2 heterocycles. The maximum Gasteiger partial charge on any atom is 0.348 e. The molecule has 1 aromatic heterocycles. The van der Waals surface area contributed by atoms with E-state index in [1.165, 1.54) is 23.3 Å². The molecular formula is C20H22N2O6S. The number of thiophene rings is 1. The summed E-state index contributed by atoms with van der Waals surface area (Å²) in [5.41, 5.74) is 1.74. The van der Waals surface area contributed by atoms with Crippen LogP contribution in [0.4, 0.5) is 5.69 Å². The Morgan fingerprint density at radius 2 is 2.07 bits per heavy atom. The lowest BCUT2D eigenvalue weighted by Crippen LogP contribution is -2.31. The van der Waals surface area contributed by atoms with Crippen molar-refractivity contribution in [2.75, 3.05) is 38.7 Å². The number of esters is 2. The molecule has 0 unspecified atom stereocenters. The number of aliphatic hydroxyl groups is 1. The summed E-state index contributed by atoms with van der Waals surface area (Å²) in [6, 6.07) is 5.45. The standard InChI is InChI=1S/C20H22N2O6S/c1-4-28-20(26)17-11(2)13-9-12(5-6-15(13)29-17)21-16-14(19(25)27-3)10-22(7-8-23)18(16)24/h5-6,9,21,23H,4,7-8,10H2,1-3H3. The molecule has 0 aliphatic carbocycles. The average molecular weight is 418 g/mol. The summed E-state index contributed by atoms with van der Waals surface area (Å²) in [7, 11) is 1.25. The molecule has 154 valence electrons. The maximum atomic E-state index is 12.7. The van der Waals surface area contributed by atoms with Crippen molar-refractivity contribution in [2.45, 2.75) is 13.8 Å². The van der Waals surface area contributed by atoms with Gasteiger partial charge in [0.15, 0.2) is 0 Å². The fourth-order valence-corrected chi connectivity index (χ4v) is 4.27. The maximum absolute atomic E-state index is 12.7. The molecule has 0 fully saturated rings. The summed E-state index contributed by atoms with van der Waals surface area (Å²) >= 11 is 1.35. The fourth-order valence-electron chi connectivity index (χ4n) is 3.18. The number of ether oxygens (including phenoxy) is 2.